The molecule has 0 heterocycles. The minimum absolute atomic E-state index is 0.143. The topological polar surface area (TPSA) is 20.2 Å². The third-order valence-electron chi connectivity index (χ3n) is 3.47. The van der Waals surface area contributed by atoms with Crippen molar-refractivity contribution in [1.82, 2.24) is 0 Å². The second-order valence-electron chi connectivity index (χ2n) is 5.69. The summed E-state index contributed by atoms with van der Waals surface area (Å²) in [5, 5.41) is 2.00. The normalized spacial score (nSPS) is 12.4. The van der Waals surface area contributed by atoms with E-state index in [-0.39, 0.29) is 5.04 Å². The van der Waals surface area contributed by atoms with Gasteiger partial charge in [0.1, 0.15) is 0 Å². The van der Waals surface area contributed by atoms with Gasteiger partial charge in [-0.3, -0.25) is 0 Å². The van der Waals surface area contributed by atoms with E-state index in [1.807, 2.05) is 60.7 Å². The Hall–Kier alpha value is -1.38. The quantitative estimate of drug-likeness (QED) is 0.819. The lowest BCUT2D eigenvalue weighted by atomic mass is 10.2. The van der Waals surface area contributed by atoms with Crippen LogP contribution in [0.15, 0.2) is 60.7 Å². The molecule has 0 aliphatic heterocycles. The Kier molecular flexibility index (Phi) is 3.42. The fourth-order valence-electron chi connectivity index (χ4n) is 2.39. The standard InChI is InChI=1S/C16H20OSi/c1-16(2,3)18(17,14-10-6-4-7-11-14)15-12-8-5-9-13-15/h4-13,17H,1-3H3. The molecule has 1 nitrogen and oxygen atoms in total. The van der Waals surface area contributed by atoms with Crippen molar-refractivity contribution < 1.29 is 4.80 Å². The molecule has 2 aromatic rings. The van der Waals surface area contributed by atoms with Crippen LogP contribution in [-0.2, 0) is 0 Å². The Labute approximate surface area is 110 Å². The molecule has 0 fully saturated rings. The highest BCUT2D eigenvalue weighted by atomic mass is 28.4. The lowest BCUT2D eigenvalue weighted by Gasteiger charge is -2.38. The van der Waals surface area contributed by atoms with Gasteiger partial charge in [-0.2, -0.15) is 0 Å². The Bertz CT molecular complexity index is 460. The van der Waals surface area contributed by atoms with Gasteiger partial charge in [-0.05, 0) is 15.4 Å². The molecule has 0 aliphatic carbocycles. The first kappa shape index (κ1) is 13.1. The van der Waals surface area contributed by atoms with Crippen molar-refractivity contribution >= 4 is 18.7 Å². The van der Waals surface area contributed by atoms with Crippen LogP contribution in [-0.4, -0.2) is 13.1 Å². The fourth-order valence-corrected chi connectivity index (χ4v) is 5.81. The molecule has 2 aromatic carbocycles. The molecule has 2 heteroatoms. The highest BCUT2D eigenvalue weighted by Gasteiger charge is 2.46. The first-order valence-corrected chi connectivity index (χ1v) is 8.24. The van der Waals surface area contributed by atoms with Crippen LogP contribution in [0, 0.1) is 0 Å². The summed E-state index contributed by atoms with van der Waals surface area (Å²) >= 11 is 0. The van der Waals surface area contributed by atoms with E-state index in [1.54, 1.807) is 0 Å². The van der Waals surface area contributed by atoms with Crippen LogP contribution in [0.2, 0.25) is 5.04 Å². The second kappa shape index (κ2) is 4.71. The van der Waals surface area contributed by atoms with Crippen molar-refractivity contribution in [3.8, 4) is 0 Å². The van der Waals surface area contributed by atoms with Crippen molar-refractivity contribution in [3.05, 3.63) is 60.7 Å². The number of benzene rings is 2. The summed E-state index contributed by atoms with van der Waals surface area (Å²) in [4.78, 5) is 11.4. The van der Waals surface area contributed by atoms with E-state index in [2.05, 4.69) is 20.8 Å². The van der Waals surface area contributed by atoms with E-state index in [1.165, 1.54) is 0 Å². The van der Waals surface area contributed by atoms with E-state index < -0.39 is 8.32 Å². The van der Waals surface area contributed by atoms with Crippen molar-refractivity contribution in [2.24, 2.45) is 0 Å². The predicted octanol–water partition coefficient (Wildman–Crippen LogP) is 2.54. The summed E-state index contributed by atoms with van der Waals surface area (Å²) in [6.45, 7) is 6.37. The average molecular weight is 256 g/mol. The first-order valence-electron chi connectivity index (χ1n) is 6.29. The van der Waals surface area contributed by atoms with Gasteiger partial charge in [0.15, 0.2) is 0 Å². The van der Waals surface area contributed by atoms with Crippen LogP contribution in [0.3, 0.4) is 0 Å². The van der Waals surface area contributed by atoms with Crippen LogP contribution in [0.25, 0.3) is 0 Å². The van der Waals surface area contributed by atoms with Gasteiger partial charge < -0.3 is 4.80 Å². The zero-order chi connectivity index (χ0) is 13.2. The Morgan fingerprint density at radius 1 is 0.722 bits per heavy atom. The molecule has 0 unspecified atom stereocenters. The average Bonchev–Trinajstić information content (AvgIpc) is 2.38. The minimum atomic E-state index is -2.70. The molecule has 18 heavy (non-hydrogen) atoms. The van der Waals surface area contributed by atoms with Gasteiger partial charge in [-0.25, -0.2) is 0 Å². The zero-order valence-electron chi connectivity index (χ0n) is 11.2. The predicted molar refractivity (Wildman–Crippen MR) is 79.8 cm³/mol. The van der Waals surface area contributed by atoms with Crippen LogP contribution < -0.4 is 10.4 Å². The highest BCUT2D eigenvalue weighted by Crippen LogP contribution is 2.33. The fraction of sp³-hybridized carbons (Fsp3) is 0.250. The van der Waals surface area contributed by atoms with Gasteiger partial charge in [0.05, 0.1) is 0 Å². The molecule has 2 rings (SSSR count). The maximum absolute atomic E-state index is 11.4. The van der Waals surface area contributed by atoms with Crippen molar-refractivity contribution in [3.63, 3.8) is 0 Å². The lowest BCUT2D eigenvalue weighted by molar-refractivity contribution is 0.505. The largest absolute Gasteiger partial charge is 0.424 e. The monoisotopic (exact) mass is 256 g/mol. The highest BCUT2D eigenvalue weighted by molar-refractivity contribution is 6.98. The molecule has 94 valence electrons. The molecule has 0 spiro atoms. The van der Waals surface area contributed by atoms with Gasteiger partial charge in [-0.1, -0.05) is 81.4 Å². The molecule has 0 amide bonds. The number of rotatable bonds is 2. The molecule has 0 aliphatic rings. The van der Waals surface area contributed by atoms with Crippen LogP contribution in [0.4, 0.5) is 0 Å². The van der Waals surface area contributed by atoms with Gasteiger partial charge in [0.2, 0.25) is 0 Å². The first-order chi connectivity index (χ1) is 8.46. The van der Waals surface area contributed by atoms with E-state index in [4.69, 9.17) is 0 Å². The summed E-state index contributed by atoms with van der Waals surface area (Å²) < 4.78 is 0. The SMILES string of the molecule is CC(C)(C)[Si](O)(c1ccccc1)c1ccccc1. The Morgan fingerprint density at radius 2 is 1.06 bits per heavy atom. The molecule has 0 radical (unpaired) electrons. The van der Waals surface area contributed by atoms with Crippen molar-refractivity contribution in [1.29, 1.82) is 0 Å². The Balaban J connectivity index is 2.63. The Morgan fingerprint density at radius 3 is 1.33 bits per heavy atom. The molecule has 1 N–H and O–H groups in total. The van der Waals surface area contributed by atoms with Gasteiger partial charge in [0, 0.05) is 0 Å². The third kappa shape index (κ3) is 2.14. The third-order valence-corrected chi connectivity index (χ3v) is 7.98. The minimum Gasteiger partial charge on any atom is -0.424 e. The molecular weight excluding hydrogens is 236 g/mol. The molecule has 0 bridgehead atoms. The summed E-state index contributed by atoms with van der Waals surface area (Å²) in [6, 6.07) is 20.2. The van der Waals surface area contributed by atoms with Gasteiger partial charge >= 0.3 is 0 Å². The second-order valence-corrected chi connectivity index (χ2v) is 9.77. The summed E-state index contributed by atoms with van der Waals surface area (Å²) in [5.41, 5.74) is 0. The van der Waals surface area contributed by atoms with Gasteiger partial charge in [0.25, 0.3) is 8.32 Å². The summed E-state index contributed by atoms with van der Waals surface area (Å²) in [7, 11) is -2.70. The smallest absolute Gasteiger partial charge is 0.258 e. The lowest BCUT2D eigenvalue weighted by Crippen LogP contribution is -2.64. The number of hydrogen-bond donors (Lipinski definition) is 1. The van der Waals surface area contributed by atoms with Crippen LogP contribution in [0.5, 0.6) is 0 Å². The van der Waals surface area contributed by atoms with Crippen LogP contribution >= 0.6 is 0 Å². The molecule has 0 atom stereocenters. The van der Waals surface area contributed by atoms with Crippen molar-refractivity contribution in [2.45, 2.75) is 25.8 Å². The summed E-state index contributed by atoms with van der Waals surface area (Å²) in [6.07, 6.45) is 0. The summed E-state index contributed by atoms with van der Waals surface area (Å²) in [5.74, 6) is 0. The van der Waals surface area contributed by atoms with E-state index in [9.17, 15) is 4.80 Å². The van der Waals surface area contributed by atoms with E-state index in [0.29, 0.717) is 0 Å². The van der Waals surface area contributed by atoms with E-state index >= 15 is 0 Å². The number of hydrogen-bond acceptors (Lipinski definition) is 1. The van der Waals surface area contributed by atoms with Crippen LogP contribution in [0.1, 0.15) is 20.8 Å². The molecular formula is C16H20OSi. The molecule has 0 saturated heterocycles. The maximum Gasteiger partial charge on any atom is 0.258 e. The van der Waals surface area contributed by atoms with Crippen molar-refractivity contribution in [2.75, 3.05) is 0 Å². The van der Waals surface area contributed by atoms with Gasteiger partial charge in [-0.15, -0.1) is 0 Å². The zero-order valence-corrected chi connectivity index (χ0v) is 12.2. The molecule has 0 saturated carbocycles. The maximum atomic E-state index is 11.4. The van der Waals surface area contributed by atoms with E-state index in [0.717, 1.165) is 10.4 Å². The molecule has 0 aromatic heterocycles.